The molecule has 29 heavy (non-hydrogen) atoms. The Morgan fingerprint density at radius 2 is 1.93 bits per heavy atom. The summed E-state index contributed by atoms with van der Waals surface area (Å²) < 4.78 is 10.9. The van der Waals surface area contributed by atoms with E-state index in [0.717, 1.165) is 33.3 Å². The molecule has 0 radical (unpaired) electrons. The Balaban J connectivity index is 1.51. The monoisotopic (exact) mass is 409 g/mol. The van der Waals surface area contributed by atoms with Gasteiger partial charge in [-0.1, -0.05) is 6.07 Å². The van der Waals surface area contributed by atoms with Gasteiger partial charge in [-0.3, -0.25) is 4.79 Å². The van der Waals surface area contributed by atoms with Crippen LogP contribution in [-0.4, -0.2) is 58.7 Å². The van der Waals surface area contributed by atoms with Crippen molar-refractivity contribution in [3.8, 4) is 33.3 Å². The van der Waals surface area contributed by atoms with Crippen molar-refractivity contribution in [3.05, 3.63) is 36.0 Å². The van der Waals surface area contributed by atoms with Crippen molar-refractivity contribution in [2.24, 2.45) is 0 Å². The van der Waals surface area contributed by atoms with Crippen molar-refractivity contribution in [2.75, 3.05) is 37.9 Å². The summed E-state index contributed by atoms with van der Waals surface area (Å²) in [6.45, 7) is 4.61. The second-order valence-corrected chi connectivity index (χ2v) is 7.73. The zero-order chi connectivity index (χ0) is 19.8. The number of thiazole rings is 1. The summed E-state index contributed by atoms with van der Waals surface area (Å²) in [5, 5.41) is 2.77. The first-order valence-electron chi connectivity index (χ1n) is 9.36. The molecule has 148 valence electrons. The van der Waals surface area contributed by atoms with Crippen LogP contribution in [0.1, 0.15) is 6.92 Å². The summed E-state index contributed by atoms with van der Waals surface area (Å²) in [7, 11) is 0. The molecule has 0 saturated carbocycles. The first-order chi connectivity index (χ1) is 14.2. The molecule has 3 aromatic rings. The number of hydrogen-bond donors (Lipinski definition) is 0. The second-order valence-electron chi connectivity index (χ2n) is 6.83. The van der Waals surface area contributed by atoms with Crippen LogP contribution >= 0.6 is 11.3 Å². The molecule has 0 spiro atoms. The van der Waals surface area contributed by atoms with Crippen molar-refractivity contribution in [2.45, 2.75) is 6.92 Å². The highest BCUT2D eigenvalue weighted by Crippen LogP contribution is 2.39. The summed E-state index contributed by atoms with van der Waals surface area (Å²) in [6.07, 6.45) is 3.62. The summed E-state index contributed by atoms with van der Waals surface area (Å²) in [5.41, 5.74) is 2.63. The fraction of sp³-hybridized carbons (Fsp3) is 0.300. The van der Waals surface area contributed by atoms with Gasteiger partial charge in [0.1, 0.15) is 10.7 Å². The highest BCUT2D eigenvalue weighted by atomic mass is 32.1. The third-order valence-electron chi connectivity index (χ3n) is 5.10. The van der Waals surface area contributed by atoms with Crippen LogP contribution < -0.4 is 14.4 Å². The molecule has 1 fully saturated rings. The van der Waals surface area contributed by atoms with E-state index in [2.05, 4.69) is 14.9 Å². The van der Waals surface area contributed by atoms with Crippen LogP contribution in [0.2, 0.25) is 0 Å². The number of carbonyl (C=O) groups is 1. The van der Waals surface area contributed by atoms with Gasteiger partial charge in [0.15, 0.2) is 11.5 Å². The molecule has 9 heteroatoms. The van der Waals surface area contributed by atoms with Crippen LogP contribution in [0.15, 0.2) is 36.0 Å². The lowest BCUT2D eigenvalue weighted by atomic mass is 10.1. The van der Waals surface area contributed by atoms with Crippen molar-refractivity contribution in [3.63, 3.8) is 0 Å². The van der Waals surface area contributed by atoms with Crippen molar-refractivity contribution in [1.82, 2.24) is 19.9 Å². The predicted molar refractivity (Wildman–Crippen MR) is 109 cm³/mol. The van der Waals surface area contributed by atoms with E-state index in [-0.39, 0.29) is 12.7 Å². The SMILES string of the molecule is CC(=O)N1CCN(c2ncc(-c3ccc4c(c3)OCO4)c(-c3nccs3)n2)CC1. The molecule has 2 aliphatic rings. The van der Waals surface area contributed by atoms with Crippen LogP contribution in [0.4, 0.5) is 5.95 Å². The number of nitrogens with zero attached hydrogens (tertiary/aromatic N) is 5. The zero-order valence-corrected chi connectivity index (χ0v) is 16.7. The second kappa shape index (κ2) is 7.32. The van der Waals surface area contributed by atoms with Gasteiger partial charge in [-0.2, -0.15) is 0 Å². The Bertz CT molecular complexity index is 1050. The van der Waals surface area contributed by atoms with Gasteiger partial charge < -0.3 is 19.3 Å². The smallest absolute Gasteiger partial charge is 0.231 e. The molecular weight excluding hydrogens is 390 g/mol. The van der Waals surface area contributed by atoms with Gasteiger partial charge in [-0.15, -0.1) is 11.3 Å². The number of benzene rings is 1. The predicted octanol–water partition coefficient (Wildman–Crippen LogP) is 2.66. The van der Waals surface area contributed by atoms with Crippen LogP contribution in [-0.2, 0) is 4.79 Å². The fourth-order valence-electron chi connectivity index (χ4n) is 3.52. The quantitative estimate of drug-likeness (QED) is 0.658. The Morgan fingerprint density at radius 1 is 1.10 bits per heavy atom. The number of rotatable bonds is 3. The molecule has 2 aromatic heterocycles. The summed E-state index contributed by atoms with van der Waals surface area (Å²) in [5.74, 6) is 2.22. The third-order valence-corrected chi connectivity index (χ3v) is 5.88. The van der Waals surface area contributed by atoms with Crippen molar-refractivity contribution < 1.29 is 14.3 Å². The lowest BCUT2D eigenvalue weighted by molar-refractivity contribution is -0.129. The van der Waals surface area contributed by atoms with Crippen LogP contribution in [0, 0.1) is 0 Å². The van der Waals surface area contributed by atoms with E-state index < -0.39 is 0 Å². The van der Waals surface area contributed by atoms with E-state index in [1.54, 1.807) is 24.5 Å². The molecular formula is C20H19N5O3S. The molecule has 1 amide bonds. The van der Waals surface area contributed by atoms with Gasteiger partial charge in [0, 0.05) is 56.4 Å². The highest BCUT2D eigenvalue weighted by molar-refractivity contribution is 7.13. The van der Waals surface area contributed by atoms with Crippen molar-refractivity contribution >= 4 is 23.2 Å². The Hall–Kier alpha value is -3.20. The maximum atomic E-state index is 11.6. The largest absolute Gasteiger partial charge is 0.454 e. The number of piperazine rings is 1. The van der Waals surface area contributed by atoms with E-state index in [1.165, 1.54) is 0 Å². The molecule has 0 N–H and O–H groups in total. The molecule has 2 aliphatic heterocycles. The van der Waals surface area contributed by atoms with Gasteiger partial charge in [-0.25, -0.2) is 15.0 Å². The molecule has 8 nitrogen and oxygen atoms in total. The zero-order valence-electron chi connectivity index (χ0n) is 15.9. The molecule has 5 rings (SSSR count). The Morgan fingerprint density at radius 3 is 2.69 bits per heavy atom. The van der Waals surface area contributed by atoms with Crippen molar-refractivity contribution in [1.29, 1.82) is 0 Å². The lowest BCUT2D eigenvalue weighted by Crippen LogP contribution is -2.48. The minimum Gasteiger partial charge on any atom is -0.454 e. The summed E-state index contributed by atoms with van der Waals surface area (Å²) >= 11 is 1.54. The van der Waals surface area contributed by atoms with E-state index in [0.29, 0.717) is 32.1 Å². The van der Waals surface area contributed by atoms with Gasteiger partial charge >= 0.3 is 0 Å². The number of fused-ring (bicyclic) bond motifs is 1. The lowest BCUT2D eigenvalue weighted by Gasteiger charge is -2.34. The molecule has 0 atom stereocenters. The molecule has 0 bridgehead atoms. The highest BCUT2D eigenvalue weighted by Gasteiger charge is 2.23. The van der Waals surface area contributed by atoms with Gasteiger partial charge in [-0.05, 0) is 17.7 Å². The first kappa shape index (κ1) is 17.9. The van der Waals surface area contributed by atoms with E-state index in [1.807, 2.05) is 34.7 Å². The first-order valence-corrected chi connectivity index (χ1v) is 10.2. The van der Waals surface area contributed by atoms with Gasteiger partial charge in [0.2, 0.25) is 18.6 Å². The molecule has 1 saturated heterocycles. The number of anilines is 1. The Kier molecular flexibility index (Phi) is 4.51. The topological polar surface area (TPSA) is 80.7 Å². The number of aromatic nitrogens is 3. The average molecular weight is 409 g/mol. The minimum absolute atomic E-state index is 0.104. The van der Waals surface area contributed by atoms with Crippen LogP contribution in [0.25, 0.3) is 21.8 Å². The number of carbonyl (C=O) groups excluding carboxylic acids is 1. The van der Waals surface area contributed by atoms with Gasteiger partial charge in [0.25, 0.3) is 0 Å². The third kappa shape index (κ3) is 3.38. The minimum atomic E-state index is 0.104. The number of amides is 1. The Labute approximate surface area is 171 Å². The van der Waals surface area contributed by atoms with Crippen LogP contribution in [0.5, 0.6) is 11.5 Å². The molecule has 4 heterocycles. The molecule has 0 aliphatic carbocycles. The van der Waals surface area contributed by atoms with Crippen LogP contribution in [0.3, 0.4) is 0 Å². The number of hydrogen-bond acceptors (Lipinski definition) is 8. The molecule has 1 aromatic carbocycles. The maximum Gasteiger partial charge on any atom is 0.231 e. The summed E-state index contributed by atoms with van der Waals surface area (Å²) in [6, 6.07) is 5.83. The molecule has 0 unspecified atom stereocenters. The standard InChI is InChI=1S/C20H19N5O3S/c1-13(26)24-5-7-25(8-6-24)20-22-11-15(18(23-20)19-21-4-9-29-19)14-2-3-16-17(10-14)28-12-27-16/h2-4,9-11H,5-8,12H2,1H3. The van der Waals surface area contributed by atoms with E-state index in [9.17, 15) is 4.79 Å². The normalized spacial score (nSPS) is 15.6. The maximum absolute atomic E-state index is 11.6. The van der Waals surface area contributed by atoms with E-state index in [4.69, 9.17) is 14.5 Å². The average Bonchev–Trinajstić information content (AvgIpc) is 3.45. The number of ether oxygens (including phenoxy) is 2. The summed E-state index contributed by atoms with van der Waals surface area (Å²) in [4.78, 5) is 29.5. The van der Waals surface area contributed by atoms with E-state index >= 15 is 0 Å². The fourth-order valence-corrected chi connectivity index (χ4v) is 4.16. The van der Waals surface area contributed by atoms with Gasteiger partial charge in [0.05, 0.1) is 0 Å².